The van der Waals surface area contributed by atoms with Crippen LogP contribution in [0.4, 0.5) is 0 Å². The molecule has 0 spiro atoms. The number of sulfonamides is 1. The summed E-state index contributed by atoms with van der Waals surface area (Å²) in [6.07, 6.45) is 1.22. The Balaban J connectivity index is 1.39. The number of phenols is 1. The van der Waals surface area contributed by atoms with E-state index in [0.29, 0.717) is 50.2 Å². The topological polar surface area (TPSA) is 90.8 Å². The summed E-state index contributed by atoms with van der Waals surface area (Å²) in [5.41, 5.74) is 1.96. The molecule has 1 aliphatic rings. The van der Waals surface area contributed by atoms with Gasteiger partial charge < -0.3 is 5.11 Å². The number of carbonyl (C=O) groups excluding carboxylic acids is 1. The van der Waals surface area contributed by atoms with Crippen LogP contribution in [0.1, 0.15) is 35.8 Å². The van der Waals surface area contributed by atoms with Gasteiger partial charge in [-0.2, -0.15) is 4.31 Å². The first-order valence-electron chi connectivity index (χ1n) is 10.8. The number of aromatic hydroxyl groups is 1. The third kappa shape index (κ3) is 4.67. The van der Waals surface area contributed by atoms with Gasteiger partial charge in [0.05, 0.1) is 10.6 Å². The van der Waals surface area contributed by atoms with Crippen LogP contribution >= 0.6 is 0 Å². The van der Waals surface area contributed by atoms with Crippen LogP contribution in [-0.2, 0) is 16.6 Å². The number of piperazine rings is 1. The fourth-order valence-electron chi connectivity index (χ4n) is 3.95. The Kier molecular flexibility index (Phi) is 6.55. The molecule has 1 N–H and O–H groups in total. The summed E-state index contributed by atoms with van der Waals surface area (Å²) in [7, 11) is -3.60. The van der Waals surface area contributed by atoms with Gasteiger partial charge in [-0.3, -0.25) is 9.69 Å². The largest absolute Gasteiger partial charge is 0.506 e. The predicted molar refractivity (Wildman–Crippen MR) is 123 cm³/mol. The van der Waals surface area contributed by atoms with E-state index >= 15 is 0 Å². The molecule has 32 heavy (non-hydrogen) atoms. The Morgan fingerprint density at radius 2 is 1.72 bits per heavy atom. The van der Waals surface area contributed by atoms with Crippen molar-refractivity contribution in [2.45, 2.75) is 31.2 Å². The van der Waals surface area contributed by atoms with Crippen molar-refractivity contribution < 1.29 is 18.3 Å². The van der Waals surface area contributed by atoms with Crippen molar-refractivity contribution >= 4 is 26.7 Å². The molecule has 168 valence electrons. The Hall–Kier alpha value is -2.81. The van der Waals surface area contributed by atoms with Crippen molar-refractivity contribution in [3.8, 4) is 5.75 Å². The molecule has 1 saturated heterocycles. The Labute approximate surface area is 188 Å². The van der Waals surface area contributed by atoms with Gasteiger partial charge in [-0.05, 0) is 30.7 Å². The number of pyridine rings is 1. The predicted octanol–water partition coefficient (Wildman–Crippen LogP) is 3.43. The number of nitrogens with zero attached hydrogens (tertiary/aromatic N) is 3. The molecule has 2 aromatic carbocycles. The lowest BCUT2D eigenvalue weighted by molar-refractivity contribution is 0.0981. The highest BCUT2D eigenvalue weighted by Gasteiger charge is 2.28. The van der Waals surface area contributed by atoms with Crippen LogP contribution in [0.2, 0.25) is 0 Å². The minimum Gasteiger partial charge on any atom is -0.506 e. The van der Waals surface area contributed by atoms with Gasteiger partial charge in [-0.1, -0.05) is 37.3 Å². The highest BCUT2D eigenvalue weighted by Crippen LogP contribution is 2.24. The van der Waals surface area contributed by atoms with Gasteiger partial charge in [0.2, 0.25) is 10.0 Å². The van der Waals surface area contributed by atoms with E-state index in [0.717, 1.165) is 17.5 Å². The van der Waals surface area contributed by atoms with Crippen molar-refractivity contribution in [2.75, 3.05) is 26.2 Å². The molecule has 0 atom stereocenters. The van der Waals surface area contributed by atoms with Gasteiger partial charge in [-0.15, -0.1) is 0 Å². The molecule has 0 saturated carbocycles. The zero-order valence-corrected chi connectivity index (χ0v) is 18.9. The average molecular weight is 454 g/mol. The first-order valence-corrected chi connectivity index (χ1v) is 12.3. The van der Waals surface area contributed by atoms with E-state index in [9.17, 15) is 18.3 Å². The average Bonchev–Trinajstić information content (AvgIpc) is 2.80. The summed E-state index contributed by atoms with van der Waals surface area (Å²) >= 11 is 0. The number of hydrogen-bond donors (Lipinski definition) is 1. The summed E-state index contributed by atoms with van der Waals surface area (Å²) < 4.78 is 27.5. The standard InChI is InChI=1S/C24H27N3O4S/c1-2-4-22(28)18-8-11-21(12-9-18)32(30,31)27-15-13-26(14-16-27)17-20-10-7-19-5-3-6-23(29)24(19)25-20/h3,5-12,29H,2,4,13-17H2,1H3. The molecule has 0 bridgehead atoms. The number of para-hydroxylation sites is 1. The highest BCUT2D eigenvalue weighted by atomic mass is 32.2. The molecule has 4 rings (SSSR count). The van der Waals surface area contributed by atoms with Crippen LogP contribution in [0.3, 0.4) is 0 Å². The van der Waals surface area contributed by atoms with Gasteiger partial charge in [-0.25, -0.2) is 13.4 Å². The molecule has 0 aliphatic carbocycles. The van der Waals surface area contributed by atoms with Crippen molar-refractivity contribution in [2.24, 2.45) is 0 Å². The van der Waals surface area contributed by atoms with Crippen LogP contribution in [-0.4, -0.2) is 59.7 Å². The Morgan fingerprint density at radius 1 is 1.00 bits per heavy atom. The quantitative estimate of drug-likeness (QED) is 0.551. The van der Waals surface area contributed by atoms with Crippen LogP contribution in [0.15, 0.2) is 59.5 Å². The molecule has 1 aliphatic heterocycles. The van der Waals surface area contributed by atoms with E-state index in [1.54, 1.807) is 24.3 Å². The second-order valence-corrected chi connectivity index (χ2v) is 9.97. The van der Waals surface area contributed by atoms with Crippen LogP contribution in [0.25, 0.3) is 10.9 Å². The Morgan fingerprint density at radius 3 is 2.41 bits per heavy atom. The number of phenolic OH excluding ortho intramolecular Hbond substituents is 1. The van der Waals surface area contributed by atoms with E-state index in [1.807, 2.05) is 25.1 Å². The van der Waals surface area contributed by atoms with E-state index < -0.39 is 10.0 Å². The van der Waals surface area contributed by atoms with E-state index in [2.05, 4.69) is 9.88 Å². The fraction of sp³-hybridized carbons (Fsp3) is 0.333. The second-order valence-electron chi connectivity index (χ2n) is 8.03. The summed E-state index contributed by atoms with van der Waals surface area (Å²) in [6.45, 7) is 4.48. The van der Waals surface area contributed by atoms with Gasteiger partial charge >= 0.3 is 0 Å². The Bertz CT molecular complexity index is 1220. The number of aromatic nitrogens is 1. The summed E-state index contributed by atoms with van der Waals surface area (Å²) in [5, 5.41) is 10.9. The number of hydrogen-bond acceptors (Lipinski definition) is 6. The number of carbonyl (C=O) groups is 1. The molecule has 1 fully saturated rings. The van der Waals surface area contributed by atoms with Gasteiger partial charge in [0.1, 0.15) is 11.3 Å². The van der Waals surface area contributed by atoms with E-state index in [1.165, 1.54) is 16.4 Å². The SMILES string of the molecule is CCCC(=O)c1ccc(S(=O)(=O)N2CCN(Cc3ccc4cccc(O)c4n3)CC2)cc1. The molecule has 0 amide bonds. The van der Waals surface area contributed by atoms with Crippen LogP contribution in [0, 0.1) is 0 Å². The first-order chi connectivity index (χ1) is 15.4. The van der Waals surface area contributed by atoms with E-state index in [-0.39, 0.29) is 16.4 Å². The lowest BCUT2D eigenvalue weighted by Crippen LogP contribution is -2.48. The zero-order valence-electron chi connectivity index (χ0n) is 18.1. The number of rotatable bonds is 7. The van der Waals surface area contributed by atoms with Crippen LogP contribution < -0.4 is 0 Å². The monoisotopic (exact) mass is 453 g/mol. The fourth-order valence-corrected chi connectivity index (χ4v) is 5.37. The summed E-state index contributed by atoms with van der Waals surface area (Å²) in [5.74, 6) is 0.184. The smallest absolute Gasteiger partial charge is 0.243 e. The van der Waals surface area contributed by atoms with Crippen molar-refractivity contribution in [3.05, 3.63) is 65.9 Å². The number of fused-ring (bicyclic) bond motifs is 1. The molecule has 1 aromatic heterocycles. The third-order valence-electron chi connectivity index (χ3n) is 5.76. The third-order valence-corrected chi connectivity index (χ3v) is 7.68. The summed E-state index contributed by atoms with van der Waals surface area (Å²) in [4.78, 5) is 18.9. The van der Waals surface area contributed by atoms with Crippen molar-refractivity contribution in [1.29, 1.82) is 0 Å². The number of Topliss-reactive ketones (excluding diaryl/α,β-unsaturated/α-hetero) is 1. The minimum atomic E-state index is -3.60. The van der Waals surface area contributed by atoms with Crippen molar-refractivity contribution in [1.82, 2.24) is 14.2 Å². The molecular formula is C24H27N3O4S. The number of benzene rings is 2. The van der Waals surface area contributed by atoms with Gasteiger partial charge in [0.25, 0.3) is 0 Å². The zero-order chi connectivity index (χ0) is 22.7. The molecule has 3 aromatic rings. The highest BCUT2D eigenvalue weighted by molar-refractivity contribution is 7.89. The molecule has 0 radical (unpaired) electrons. The molecule has 7 nitrogen and oxygen atoms in total. The summed E-state index contributed by atoms with van der Waals surface area (Å²) in [6, 6.07) is 15.4. The minimum absolute atomic E-state index is 0.0284. The molecular weight excluding hydrogens is 426 g/mol. The van der Waals surface area contributed by atoms with Crippen molar-refractivity contribution in [3.63, 3.8) is 0 Å². The number of ketones is 1. The molecule has 0 unspecified atom stereocenters. The maximum absolute atomic E-state index is 13.0. The normalized spacial score (nSPS) is 15.8. The van der Waals surface area contributed by atoms with Crippen LogP contribution in [0.5, 0.6) is 5.75 Å². The van der Waals surface area contributed by atoms with Gasteiger partial charge in [0, 0.05) is 50.1 Å². The maximum atomic E-state index is 13.0. The second kappa shape index (κ2) is 9.36. The molecule has 8 heteroatoms. The lowest BCUT2D eigenvalue weighted by Gasteiger charge is -2.33. The molecule has 2 heterocycles. The maximum Gasteiger partial charge on any atom is 0.243 e. The van der Waals surface area contributed by atoms with Gasteiger partial charge in [0.15, 0.2) is 5.78 Å². The lowest BCUT2D eigenvalue weighted by atomic mass is 10.1. The first kappa shape index (κ1) is 22.4. The van der Waals surface area contributed by atoms with E-state index in [4.69, 9.17) is 0 Å².